The number of nitrogens with two attached hydrogens (primary N) is 1. The number of halogens is 1. The number of aryl methyl sites for hydroxylation is 1. The molecular formula is C14H19FN4. The Labute approximate surface area is 112 Å². The molecule has 0 aliphatic heterocycles. The van der Waals surface area contributed by atoms with Crippen molar-refractivity contribution in [3.05, 3.63) is 47.9 Å². The van der Waals surface area contributed by atoms with E-state index in [0.717, 1.165) is 31.6 Å². The summed E-state index contributed by atoms with van der Waals surface area (Å²) >= 11 is 0. The van der Waals surface area contributed by atoms with E-state index in [1.54, 1.807) is 18.2 Å². The molecule has 0 radical (unpaired) electrons. The number of anilines is 1. The monoisotopic (exact) mass is 262 g/mol. The van der Waals surface area contributed by atoms with Gasteiger partial charge in [-0.05, 0) is 43.8 Å². The van der Waals surface area contributed by atoms with Gasteiger partial charge in [0, 0.05) is 19.3 Å². The molecule has 0 amide bonds. The number of nitrogen functional groups attached to an aromatic ring is 1. The van der Waals surface area contributed by atoms with Gasteiger partial charge < -0.3 is 10.6 Å². The van der Waals surface area contributed by atoms with Crippen molar-refractivity contribution in [3.8, 4) is 0 Å². The molecule has 0 saturated carbocycles. The Hall–Kier alpha value is -1.88. The molecule has 1 aromatic heterocycles. The van der Waals surface area contributed by atoms with Crippen LogP contribution in [0.3, 0.4) is 0 Å². The second-order valence-corrected chi connectivity index (χ2v) is 4.72. The van der Waals surface area contributed by atoms with E-state index in [0.29, 0.717) is 5.82 Å². The highest BCUT2D eigenvalue weighted by atomic mass is 19.1. The van der Waals surface area contributed by atoms with Crippen LogP contribution in [0.5, 0.6) is 0 Å². The highest BCUT2D eigenvalue weighted by Crippen LogP contribution is 2.06. The topological polar surface area (TPSA) is 47.1 Å². The van der Waals surface area contributed by atoms with E-state index in [1.807, 2.05) is 24.0 Å². The molecule has 2 N–H and O–H groups in total. The van der Waals surface area contributed by atoms with Gasteiger partial charge in [-0.1, -0.05) is 12.1 Å². The van der Waals surface area contributed by atoms with E-state index < -0.39 is 0 Å². The van der Waals surface area contributed by atoms with Gasteiger partial charge in [0.2, 0.25) is 0 Å². The smallest absolute Gasteiger partial charge is 0.145 e. The minimum atomic E-state index is -0.182. The molecule has 19 heavy (non-hydrogen) atoms. The van der Waals surface area contributed by atoms with Gasteiger partial charge in [-0.15, -0.1) is 0 Å². The van der Waals surface area contributed by atoms with Crippen molar-refractivity contribution in [3.63, 3.8) is 0 Å². The van der Waals surface area contributed by atoms with Gasteiger partial charge in [-0.2, -0.15) is 5.10 Å². The highest BCUT2D eigenvalue weighted by Gasteiger charge is 2.02. The number of hydrogen-bond donors (Lipinski definition) is 1. The highest BCUT2D eigenvalue weighted by molar-refractivity contribution is 5.23. The Balaban J connectivity index is 1.74. The lowest BCUT2D eigenvalue weighted by atomic mass is 10.2. The first kappa shape index (κ1) is 13.5. The summed E-state index contributed by atoms with van der Waals surface area (Å²) in [4.78, 5) is 2.17. The molecule has 0 aliphatic carbocycles. The molecule has 102 valence electrons. The first-order chi connectivity index (χ1) is 9.13. The predicted molar refractivity (Wildman–Crippen MR) is 74.0 cm³/mol. The first-order valence-electron chi connectivity index (χ1n) is 6.35. The van der Waals surface area contributed by atoms with Gasteiger partial charge in [0.25, 0.3) is 0 Å². The van der Waals surface area contributed by atoms with Gasteiger partial charge >= 0.3 is 0 Å². The van der Waals surface area contributed by atoms with Gasteiger partial charge in [-0.3, -0.25) is 4.68 Å². The van der Waals surface area contributed by atoms with Gasteiger partial charge in [0.15, 0.2) is 0 Å². The maximum absolute atomic E-state index is 13.1. The summed E-state index contributed by atoms with van der Waals surface area (Å²) < 4.78 is 14.9. The van der Waals surface area contributed by atoms with Crippen LogP contribution in [0.15, 0.2) is 36.5 Å². The van der Waals surface area contributed by atoms with Gasteiger partial charge in [0.05, 0.1) is 0 Å². The second-order valence-electron chi connectivity index (χ2n) is 4.72. The molecule has 0 fully saturated rings. The van der Waals surface area contributed by atoms with Crippen molar-refractivity contribution in [1.29, 1.82) is 0 Å². The fourth-order valence-electron chi connectivity index (χ4n) is 2.03. The fraction of sp³-hybridized carbons (Fsp3) is 0.357. The second kappa shape index (κ2) is 6.33. The maximum Gasteiger partial charge on any atom is 0.145 e. The van der Waals surface area contributed by atoms with Crippen molar-refractivity contribution in [2.45, 2.75) is 19.5 Å². The standard InChI is InChI=1S/C14H19FN4/c1-18(11-12-4-2-5-13(15)10-12)7-3-8-19-9-6-14(16)17-19/h2,4-6,9-10H,3,7-8,11H2,1H3,(H2,16,17). The Morgan fingerprint density at radius 2 is 2.21 bits per heavy atom. The lowest BCUT2D eigenvalue weighted by Crippen LogP contribution is -2.20. The van der Waals surface area contributed by atoms with Crippen LogP contribution in [0, 0.1) is 5.82 Å². The van der Waals surface area contributed by atoms with Gasteiger partial charge in [-0.25, -0.2) is 4.39 Å². The summed E-state index contributed by atoms with van der Waals surface area (Å²) in [5.74, 6) is 0.367. The third kappa shape index (κ3) is 4.37. The summed E-state index contributed by atoms with van der Waals surface area (Å²) in [6, 6.07) is 8.51. The predicted octanol–water partition coefficient (Wildman–Crippen LogP) is 2.13. The molecule has 5 heteroatoms. The summed E-state index contributed by atoms with van der Waals surface area (Å²) in [5, 5.41) is 4.13. The Bertz CT molecular complexity index is 524. The Morgan fingerprint density at radius 3 is 2.89 bits per heavy atom. The van der Waals surface area contributed by atoms with Crippen LogP contribution in [0.1, 0.15) is 12.0 Å². The summed E-state index contributed by atoms with van der Waals surface area (Å²) in [5.41, 5.74) is 6.54. The van der Waals surface area contributed by atoms with E-state index in [2.05, 4.69) is 10.00 Å². The third-order valence-corrected chi connectivity index (χ3v) is 2.93. The molecule has 4 nitrogen and oxygen atoms in total. The lowest BCUT2D eigenvalue weighted by Gasteiger charge is -2.16. The van der Waals surface area contributed by atoms with Crippen LogP contribution in [0.25, 0.3) is 0 Å². The average Bonchev–Trinajstić information content (AvgIpc) is 2.75. The SMILES string of the molecule is CN(CCCn1ccc(N)n1)Cc1cccc(F)c1. The first-order valence-corrected chi connectivity index (χ1v) is 6.35. The number of nitrogens with zero attached hydrogens (tertiary/aromatic N) is 3. The van der Waals surface area contributed by atoms with Gasteiger partial charge in [0.1, 0.15) is 11.6 Å². The number of rotatable bonds is 6. The van der Waals surface area contributed by atoms with E-state index in [-0.39, 0.29) is 5.82 Å². The average molecular weight is 262 g/mol. The molecule has 2 rings (SSSR count). The summed E-state index contributed by atoms with van der Waals surface area (Å²) in [6.07, 6.45) is 2.86. The Kier molecular flexibility index (Phi) is 4.52. The molecule has 0 bridgehead atoms. The quantitative estimate of drug-likeness (QED) is 0.867. The van der Waals surface area contributed by atoms with Crippen molar-refractivity contribution >= 4 is 5.82 Å². The fourth-order valence-corrected chi connectivity index (χ4v) is 2.03. The zero-order valence-corrected chi connectivity index (χ0v) is 11.1. The van der Waals surface area contributed by atoms with Crippen LogP contribution < -0.4 is 5.73 Å². The van der Waals surface area contributed by atoms with Crippen molar-refractivity contribution in [1.82, 2.24) is 14.7 Å². The summed E-state index contributed by atoms with van der Waals surface area (Å²) in [6.45, 7) is 2.51. The van der Waals surface area contributed by atoms with Crippen LogP contribution in [-0.2, 0) is 13.1 Å². The van der Waals surface area contributed by atoms with Crippen LogP contribution in [0.2, 0.25) is 0 Å². The largest absolute Gasteiger partial charge is 0.382 e. The molecule has 1 heterocycles. The van der Waals surface area contributed by atoms with Crippen LogP contribution >= 0.6 is 0 Å². The van der Waals surface area contributed by atoms with E-state index in [4.69, 9.17) is 5.73 Å². The molecule has 0 atom stereocenters. The third-order valence-electron chi connectivity index (χ3n) is 2.93. The minimum absolute atomic E-state index is 0.182. The Morgan fingerprint density at radius 1 is 1.37 bits per heavy atom. The summed E-state index contributed by atoms with van der Waals surface area (Å²) in [7, 11) is 2.03. The number of hydrogen-bond acceptors (Lipinski definition) is 3. The molecule has 0 spiro atoms. The molecule has 0 aliphatic rings. The lowest BCUT2D eigenvalue weighted by molar-refractivity contribution is 0.311. The van der Waals surface area contributed by atoms with E-state index in [1.165, 1.54) is 6.07 Å². The zero-order valence-electron chi connectivity index (χ0n) is 11.1. The van der Waals surface area contributed by atoms with Crippen molar-refractivity contribution in [2.24, 2.45) is 0 Å². The molecule has 0 saturated heterocycles. The zero-order chi connectivity index (χ0) is 13.7. The van der Waals surface area contributed by atoms with E-state index >= 15 is 0 Å². The minimum Gasteiger partial charge on any atom is -0.382 e. The maximum atomic E-state index is 13.1. The van der Waals surface area contributed by atoms with Crippen LogP contribution in [-0.4, -0.2) is 28.3 Å². The molecular weight excluding hydrogens is 243 g/mol. The van der Waals surface area contributed by atoms with E-state index in [9.17, 15) is 4.39 Å². The van der Waals surface area contributed by atoms with Crippen molar-refractivity contribution in [2.75, 3.05) is 19.3 Å². The molecule has 0 unspecified atom stereocenters. The number of benzene rings is 1. The number of aromatic nitrogens is 2. The molecule has 1 aromatic carbocycles. The normalized spacial score (nSPS) is 11.1. The molecule has 2 aromatic rings. The van der Waals surface area contributed by atoms with Crippen LogP contribution in [0.4, 0.5) is 10.2 Å². The van der Waals surface area contributed by atoms with Crippen molar-refractivity contribution < 1.29 is 4.39 Å².